The van der Waals surface area contributed by atoms with Gasteiger partial charge in [-0.3, -0.25) is 0 Å². The molecule has 0 spiro atoms. The molecule has 2 heteroatoms. The SMILES string of the molecule is CCC(OC)[SiH](C)C. The highest BCUT2D eigenvalue weighted by atomic mass is 28.3. The molecule has 1 unspecified atom stereocenters. The smallest absolute Gasteiger partial charge is 0.0655 e. The van der Waals surface area contributed by atoms with Crippen molar-refractivity contribution in [3.05, 3.63) is 0 Å². The molecule has 1 nitrogen and oxygen atoms in total. The zero-order chi connectivity index (χ0) is 6.57. The van der Waals surface area contributed by atoms with Crippen LogP contribution in [0.2, 0.25) is 13.1 Å². The Morgan fingerprint density at radius 2 is 2.00 bits per heavy atom. The van der Waals surface area contributed by atoms with Crippen LogP contribution in [0.25, 0.3) is 0 Å². The Hall–Kier alpha value is 0.177. The predicted molar refractivity (Wildman–Crippen MR) is 40.0 cm³/mol. The average molecular weight is 132 g/mol. The van der Waals surface area contributed by atoms with Gasteiger partial charge in [-0.05, 0) is 6.42 Å². The molecule has 0 saturated heterocycles. The lowest BCUT2D eigenvalue weighted by Gasteiger charge is -2.14. The highest BCUT2D eigenvalue weighted by molar-refractivity contribution is 6.57. The minimum absolute atomic E-state index is 0.508. The standard InChI is InChI=1S/C6H16OSi/c1-5-6(7-2)8(3)4/h6,8H,5H2,1-4H3. The molecule has 0 rings (SSSR count). The minimum Gasteiger partial charge on any atom is -0.385 e. The second kappa shape index (κ2) is 4.10. The topological polar surface area (TPSA) is 9.23 Å². The van der Waals surface area contributed by atoms with Gasteiger partial charge in [-0.15, -0.1) is 0 Å². The molecule has 8 heavy (non-hydrogen) atoms. The van der Waals surface area contributed by atoms with E-state index < -0.39 is 8.80 Å². The Balaban J connectivity index is 3.35. The fourth-order valence-electron chi connectivity index (χ4n) is 0.910. The maximum atomic E-state index is 5.22. The summed E-state index contributed by atoms with van der Waals surface area (Å²) in [5.41, 5.74) is 0.593. The summed E-state index contributed by atoms with van der Waals surface area (Å²) < 4.78 is 5.22. The lowest BCUT2D eigenvalue weighted by atomic mass is 10.5. The van der Waals surface area contributed by atoms with Crippen LogP contribution in [0.3, 0.4) is 0 Å². The van der Waals surface area contributed by atoms with E-state index in [-0.39, 0.29) is 0 Å². The summed E-state index contributed by atoms with van der Waals surface area (Å²) in [4.78, 5) is 0. The first-order valence-electron chi connectivity index (χ1n) is 3.25. The van der Waals surface area contributed by atoms with E-state index in [0.717, 1.165) is 0 Å². The molecule has 0 heterocycles. The molecule has 0 amide bonds. The number of hydrogen-bond donors (Lipinski definition) is 0. The predicted octanol–water partition coefficient (Wildman–Crippen LogP) is 1.44. The first-order valence-corrected chi connectivity index (χ1v) is 6.22. The molecule has 50 valence electrons. The zero-order valence-corrected chi connectivity index (χ0v) is 7.42. The fourth-order valence-corrected chi connectivity index (χ4v) is 2.40. The van der Waals surface area contributed by atoms with Gasteiger partial charge in [0.2, 0.25) is 0 Å². The van der Waals surface area contributed by atoms with E-state index in [4.69, 9.17) is 4.74 Å². The molecule has 0 aromatic heterocycles. The molecule has 0 saturated carbocycles. The van der Waals surface area contributed by atoms with E-state index in [2.05, 4.69) is 20.0 Å². The second-order valence-corrected chi connectivity index (χ2v) is 5.66. The van der Waals surface area contributed by atoms with Crippen LogP contribution in [0.5, 0.6) is 0 Å². The van der Waals surface area contributed by atoms with Gasteiger partial charge < -0.3 is 4.74 Å². The van der Waals surface area contributed by atoms with Crippen LogP contribution in [0.1, 0.15) is 13.3 Å². The van der Waals surface area contributed by atoms with Crippen molar-refractivity contribution in [3.8, 4) is 0 Å². The van der Waals surface area contributed by atoms with Crippen molar-refractivity contribution in [2.45, 2.75) is 32.2 Å². The molecule has 0 aromatic carbocycles. The fraction of sp³-hybridized carbons (Fsp3) is 1.00. The van der Waals surface area contributed by atoms with E-state index in [1.807, 2.05) is 0 Å². The Morgan fingerprint density at radius 1 is 1.50 bits per heavy atom. The molecule has 0 fully saturated rings. The van der Waals surface area contributed by atoms with Crippen LogP contribution < -0.4 is 0 Å². The summed E-state index contributed by atoms with van der Waals surface area (Å²) in [6.45, 7) is 6.82. The zero-order valence-electron chi connectivity index (χ0n) is 6.27. The summed E-state index contributed by atoms with van der Waals surface area (Å²) in [6.07, 6.45) is 1.18. The molecule has 0 radical (unpaired) electrons. The molecule has 0 aliphatic rings. The monoisotopic (exact) mass is 132 g/mol. The highest BCUT2D eigenvalue weighted by Gasteiger charge is 2.08. The van der Waals surface area contributed by atoms with Crippen molar-refractivity contribution < 1.29 is 4.74 Å². The van der Waals surface area contributed by atoms with E-state index in [1.54, 1.807) is 7.11 Å². The third-order valence-corrected chi connectivity index (χ3v) is 3.68. The quantitative estimate of drug-likeness (QED) is 0.528. The molecular formula is C6H16OSi. The van der Waals surface area contributed by atoms with Gasteiger partial charge in [0, 0.05) is 12.8 Å². The lowest BCUT2D eigenvalue weighted by molar-refractivity contribution is 0.158. The summed E-state index contributed by atoms with van der Waals surface area (Å²) in [7, 11) is 1.30. The van der Waals surface area contributed by atoms with Crippen molar-refractivity contribution in [2.75, 3.05) is 7.11 Å². The van der Waals surface area contributed by atoms with Gasteiger partial charge in [-0.1, -0.05) is 20.0 Å². The average Bonchev–Trinajstić information content (AvgIpc) is 1.69. The summed E-state index contributed by atoms with van der Waals surface area (Å²) >= 11 is 0. The van der Waals surface area contributed by atoms with Crippen LogP contribution in [0.4, 0.5) is 0 Å². The van der Waals surface area contributed by atoms with Crippen LogP contribution in [-0.2, 0) is 4.74 Å². The van der Waals surface area contributed by atoms with E-state index in [9.17, 15) is 0 Å². The largest absolute Gasteiger partial charge is 0.385 e. The minimum atomic E-state index is -0.508. The van der Waals surface area contributed by atoms with Crippen molar-refractivity contribution in [3.63, 3.8) is 0 Å². The number of ether oxygens (including phenoxy) is 1. The molecule has 0 N–H and O–H groups in total. The Bertz CT molecular complexity index is 50.5. The summed E-state index contributed by atoms with van der Waals surface area (Å²) in [5.74, 6) is 0. The van der Waals surface area contributed by atoms with E-state index in [1.165, 1.54) is 6.42 Å². The van der Waals surface area contributed by atoms with Crippen molar-refractivity contribution >= 4 is 8.80 Å². The maximum absolute atomic E-state index is 5.22. The molecule has 0 aliphatic heterocycles. The second-order valence-electron chi connectivity index (χ2n) is 2.43. The number of methoxy groups -OCH3 is 1. The van der Waals surface area contributed by atoms with Crippen LogP contribution in [-0.4, -0.2) is 21.6 Å². The lowest BCUT2D eigenvalue weighted by Crippen LogP contribution is -2.25. The normalized spacial score (nSPS) is 14.6. The van der Waals surface area contributed by atoms with Gasteiger partial charge >= 0.3 is 0 Å². The first kappa shape index (κ1) is 8.18. The first-order chi connectivity index (χ1) is 3.72. The van der Waals surface area contributed by atoms with Gasteiger partial charge in [0.25, 0.3) is 0 Å². The van der Waals surface area contributed by atoms with Gasteiger partial charge in [0.05, 0.1) is 8.80 Å². The van der Waals surface area contributed by atoms with Crippen molar-refractivity contribution in [2.24, 2.45) is 0 Å². The van der Waals surface area contributed by atoms with Crippen molar-refractivity contribution in [1.29, 1.82) is 0 Å². The van der Waals surface area contributed by atoms with Gasteiger partial charge in [-0.2, -0.15) is 0 Å². The number of rotatable bonds is 3. The van der Waals surface area contributed by atoms with Crippen LogP contribution >= 0.6 is 0 Å². The Kier molecular flexibility index (Phi) is 4.19. The molecule has 0 aromatic rings. The Morgan fingerprint density at radius 3 is 2.00 bits per heavy atom. The summed E-state index contributed by atoms with van der Waals surface area (Å²) in [6, 6.07) is 0. The van der Waals surface area contributed by atoms with Gasteiger partial charge in [0.15, 0.2) is 0 Å². The van der Waals surface area contributed by atoms with Crippen LogP contribution in [0, 0.1) is 0 Å². The van der Waals surface area contributed by atoms with Crippen LogP contribution in [0.15, 0.2) is 0 Å². The molecule has 0 bridgehead atoms. The van der Waals surface area contributed by atoms with Gasteiger partial charge in [-0.25, -0.2) is 0 Å². The molecule has 0 aliphatic carbocycles. The Labute approximate surface area is 53.7 Å². The third kappa shape index (κ3) is 2.48. The highest BCUT2D eigenvalue weighted by Crippen LogP contribution is 1.99. The summed E-state index contributed by atoms with van der Waals surface area (Å²) in [5, 5.41) is 0. The van der Waals surface area contributed by atoms with Crippen molar-refractivity contribution in [1.82, 2.24) is 0 Å². The maximum Gasteiger partial charge on any atom is 0.0655 e. The van der Waals surface area contributed by atoms with Gasteiger partial charge in [0.1, 0.15) is 0 Å². The number of hydrogen-bond acceptors (Lipinski definition) is 1. The van der Waals surface area contributed by atoms with E-state index >= 15 is 0 Å². The molecule has 1 atom stereocenters. The molecular weight excluding hydrogens is 116 g/mol. The third-order valence-electron chi connectivity index (χ3n) is 1.45. The van der Waals surface area contributed by atoms with E-state index in [0.29, 0.717) is 5.73 Å².